The molecule has 0 fully saturated rings. The predicted molar refractivity (Wildman–Crippen MR) is 88.9 cm³/mol. The van der Waals surface area contributed by atoms with Crippen LogP contribution < -0.4 is 12.3 Å². The number of aliphatic carboxylic acids is 4. The first-order valence-corrected chi connectivity index (χ1v) is 4.21. The van der Waals surface area contributed by atoms with Crippen molar-refractivity contribution < 1.29 is 50.6 Å². The monoisotopic (exact) mass is 362 g/mol. The summed E-state index contributed by atoms with van der Waals surface area (Å²) in [6.45, 7) is 10.3. The summed E-state index contributed by atoms with van der Waals surface area (Å²) in [4.78, 5) is 36.0. The SMILES string of the molecule is C=C.CC(=O)O.CC(=O)O.CC(=O)O.CC(=O)O.N.N.O.O.[NaH]. The van der Waals surface area contributed by atoms with E-state index in [2.05, 4.69) is 13.2 Å². The summed E-state index contributed by atoms with van der Waals surface area (Å²) in [6.07, 6.45) is 0. The topological polar surface area (TPSA) is 282 Å². The van der Waals surface area contributed by atoms with Gasteiger partial charge in [0.15, 0.2) is 0 Å². The van der Waals surface area contributed by atoms with Crippen LogP contribution in [0, 0.1) is 0 Å². The van der Waals surface area contributed by atoms with E-state index < -0.39 is 23.9 Å². The zero-order chi connectivity index (χ0) is 16.3. The van der Waals surface area contributed by atoms with Gasteiger partial charge in [-0.1, -0.05) is 0 Å². The Labute approximate surface area is 157 Å². The fraction of sp³-hybridized carbons (Fsp3) is 0.400. The summed E-state index contributed by atoms with van der Waals surface area (Å²) in [5.74, 6) is -3.33. The Hall–Kier alpha value is -1.54. The Kier molecular flexibility index (Phi) is 211. The number of carboxylic acid groups (broad SMARTS) is 4. The van der Waals surface area contributed by atoms with Crippen molar-refractivity contribution in [3.8, 4) is 0 Å². The summed E-state index contributed by atoms with van der Waals surface area (Å²) in [5, 5.41) is 29.7. The second-order valence-corrected chi connectivity index (χ2v) is 2.08. The van der Waals surface area contributed by atoms with Gasteiger partial charge in [-0.2, -0.15) is 0 Å². The second-order valence-electron chi connectivity index (χ2n) is 2.08. The van der Waals surface area contributed by atoms with Gasteiger partial charge in [-0.25, -0.2) is 0 Å². The van der Waals surface area contributed by atoms with E-state index in [1.165, 1.54) is 0 Å². The van der Waals surface area contributed by atoms with E-state index in [9.17, 15) is 0 Å². The summed E-state index contributed by atoms with van der Waals surface area (Å²) in [7, 11) is 0. The van der Waals surface area contributed by atoms with E-state index in [1.807, 2.05) is 0 Å². The van der Waals surface area contributed by atoms with Gasteiger partial charge in [0.05, 0.1) is 0 Å². The Bertz CT molecular complexity index is 188. The molecule has 142 valence electrons. The maximum atomic E-state index is 9.00. The summed E-state index contributed by atoms with van der Waals surface area (Å²) < 4.78 is 0. The third-order valence-electron chi connectivity index (χ3n) is 0. The third kappa shape index (κ3) is 2940. The van der Waals surface area contributed by atoms with Gasteiger partial charge in [-0.3, -0.25) is 19.2 Å². The van der Waals surface area contributed by atoms with Crippen LogP contribution >= 0.6 is 0 Å². The van der Waals surface area contributed by atoms with Crippen LogP contribution in [0.5, 0.6) is 0 Å². The molecule has 0 aliphatic heterocycles. The molecule has 12 nitrogen and oxygen atoms in total. The molecule has 0 rings (SSSR count). The summed E-state index contributed by atoms with van der Waals surface area (Å²) in [6, 6.07) is 0. The molecule has 13 heteroatoms. The van der Waals surface area contributed by atoms with E-state index >= 15 is 0 Å². The molecule has 0 heterocycles. The van der Waals surface area contributed by atoms with E-state index in [0.717, 1.165) is 27.7 Å². The molecule has 0 aromatic rings. The molecule has 0 amide bonds. The maximum absolute atomic E-state index is 9.00. The van der Waals surface area contributed by atoms with Crippen molar-refractivity contribution in [2.24, 2.45) is 0 Å². The van der Waals surface area contributed by atoms with Crippen LogP contribution in [0.2, 0.25) is 0 Å². The summed E-state index contributed by atoms with van der Waals surface area (Å²) in [5.41, 5.74) is 0. The first-order chi connectivity index (χ1) is 7.93. The van der Waals surface area contributed by atoms with Gasteiger partial charge in [-0.05, 0) is 0 Å². The molecule has 0 aliphatic carbocycles. The number of hydrogen-bond donors (Lipinski definition) is 6. The number of hydrogen-bond acceptors (Lipinski definition) is 6. The van der Waals surface area contributed by atoms with Crippen molar-refractivity contribution in [1.29, 1.82) is 0 Å². The Morgan fingerprint density at radius 1 is 0.565 bits per heavy atom. The van der Waals surface area contributed by atoms with Crippen LogP contribution in [0.25, 0.3) is 0 Å². The van der Waals surface area contributed by atoms with E-state index in [0.29, 0.717) is 0 Å². The van der Waals surface area contributed by atoms with Crippen molar-refractivity contribution in [3.05, 3.63) is 13.2 Å². The van der Waals surface area contributed by atoms with Gasteiger partial charge in [0.1, 0.15) is 0 Å². The van der Waals surface area contributed by atoms with Gasteiger partial charge in [-0.15, -0.1) is 13.2 Å². The van der Waals surface area contributed by atoms with E-state index in [1.54, 1.807) is 0 Å². The molecule has 0 aromatic carbocycles. The Balaban J connectivity index is -0.0000000110. The van der Waals surface area contributed by atoms with Crippen molar-refractivity contribution in [2.75, 3.05) is 0 Å². The molecular weight excluding hydrogens is 331 g/mol. The number of rotatable bonds is 0. The molecule has 23 heavy (non-hydrogen) atoms. The fourth-order valence-electron chi connectivity index (χ4n) is 0. The van der Waals surface area contributed by atoms with Crippen LogP contribution in [0.15, 0.2) is 13.2 Å². The van der Waals surface area contributed by atoms with Crippen LogP contribution in [0.1, 0.15) is 27.7 Å². The molecule has 0 unspecified atom stereocenters. The minimum atomic E-state index is -0.833. The average Bonchev–Trinajstić information content (AvgIpc) is 2.01. The molecule has 14 N–H and O–H groups in total. The van der Waals surface area contributed by atoms with Gasteiger partial charge in [0.2, 0.25) is 0 Å². The van der Waals surface area contributed by atoms with Crippen LogP contribution in [0.3, 0.4) is 0 Å². The summed E-state index contributed by atoms with van der Waals surface area (Å²) >= 11 is 0. The van der Waals surface area contributed by atoms with E-state index in [-0.39, 0.29) is 52.8 Å². The molecule has 0 saturated carbocycles. The average molecular weight is 362 g/mol. The Morgan fingerprint density at radius 2 is 0.565 bits per heavy atom. The zero-order valence-corrected chi connectivity index (χ0v) is 13.3. The van der Waals surface area contributed by atoms with Crippen LogP contribution in [-0.2, 0) is 19.2 Å². The number of carboxylic acids is 4. The van der Waals surface area contributed by atoms with Gasteiger partial charge >= 0.3 is 29.6 Å². The fourth-order valence-corrected chi connectivity index (χ4v) is 0. The molecule has 0 radical (unpaired) electrons. The van der Waals surface area contributed by atoms with Crippen molar-refractivity contribution in [2.45, 2.75) is 27.7 Å². The predicted octanol–water partition coefficient (Wildman–Crippen LogP) is -0.808. The standard InChI is InChI=1S/4C2H4O2.C2H4.2H3N.Na.2H2O.H/c4*1-2(3)4;1-2;;;;;;/h4*1H3,(H,3,4);1-2H2;2*1H3;;2*1H2;. The molecule has 0 aromatic heterocycles. The van der Waals surface area contributed by atoms with Gasteiger partial charge in [0.25, 0.3) is 23.9 Å². The molecule has 0 aliphatic rings. The molecule has 0 spiro atoms. The van der Waals surface area contributed by atoms with Gasteiger partial charge in [0, 0.05) is 27.7 Å². The third-order valence-corrected chi connectivity index (χ3v) is 0. The van der Waals surface area contributed by atoms with Crippen LogP contribution in [0.4, 0.5) is 0 Å². The van der Waals surface area contributed by atoms with Crippen LogP contribution in [-0.4, -0.2) is 84.8 Å². The molecule has 0 atom stereocenters. The molecule has 0 saturated heterocycles. The molecular formula is C10H31N2NaO10. The molecule has 0 bridgehead atoms. The number of carbonyl (C=O) groups is 4. The van der Waals surface area contributed by atoms with Gasteiger partial charge < -0.3 is 43.7 Å². The van der Waals surface area contributed by atoms with Crippen molar-refractivity contribution in [1.82, 2.24) is 12.3 Å². The Morgan fingerprint density at radius 3 is 0.565 bits per heavy atom. The zero-order valence-electron chi connectivity index (χ0n) is 13.3. The van der Waals surface area contributed by atoms with E-state index in [4.69, 9.17) is 39.6 Å². The van der Waals surface area contributed by atoms with Crippen molar-refractivity contribution in [3.63, 3.8) is 0 Å². The first kappa shape index (κ1) is 68.4. The van der Waals surface area contributed by atoms with Crippen molar-refractivity contribution >= 4 is 53.4 Å². The first-order valence-electron chi connectivity index (χ1n) is 4.21. The minimum absolute atomic E-state index is 0. The normalized spacial score (nSPS) is 4.52. The second kappa shape index (κ2) is 70.8. The quantitative estimate of drug-likeness (QED) is 0.230.